The number of carbonyl (C=O) groups is 4. The summed E-state index contributed by atoms with van der Waals surface area (Å²) in [4.78, 5) is 53.6. The van der Waals surface area contributed by atoms with Crippen LogP contribution in [0.5, 0.6) is 0 Å². The molecule has 16 heteroatoms. The lowest BCUT2D eigenvalue weighted by Crippen LogP contribution is -2.57. The highest BCUT2D eigenvalue weighted by molar-refractivity contribution is 6.72. The van der Waals surface area contributed by atoms with Gasteiger partial charge in [-0.1, -0.05) is 0 Å². The van der Waals surface area contributed by atoms with E-state index in [1.807, 2.05) is 0 Å². The van der Waals surface area contributed by atoms with E-state index in [0.29, 0.717) is 19.4 Å². The van der Waals surface area contributed by atoms with Crippen LogP contribution in [0.4, 0.5) is 0 Å². The highest BCUT2D eigenvalue weighted by atomic mass is 16.5. The van der Waals surface area contributed by atoms with Gasteiger partial charge in [-0.05, 0) is 56.6 Å². The summed E-state index contributed by atoms with van der Waals surface area (Å²) in [5.41, 5.74) is -1.39. The zero-order chi connectivity index (χ0) is 28.9. The summed E-state index contributed by atoms with van der Waals surface area (Å²) in [5.74, 6) is -2.75. The summed E-state index contributed by atoms with van der Waals surface area (Å²) >= 11 is 0. The van der Waals surface area contributed by atoms with Gasteiger partial charge in [0, 0.05) is 48.0 Å². The monoisotopic (exact) mass is 501 g/mol. The number of nitrogens with zero attached hydrogens (tertiary/aromatic N) is 1. The highest BCUT2D eigenvalue weighted by Gasteiger charge is 2.58. The minimum atomic E-state index is -2.54. The van der Waals surface area contributed by atoms with Gasteiger partial charge in [0.05, 0.1) is 37.4 Å². The first-order chi connectivity index (χ1) is 17.2. The van der Waals surface area contributed by atoms with E-state index in [2.05, 4.69) is 10.6 Å². The molecule has 2 N–H and O–H groups in total. The van der Waals surface area contributed by atoms with Crippen molar-refractivity contribution >= 4 is 86.3 Å². The van der Waals surface area contributed by atoms with E-state index < -0.39 is 56.6 Å². The van der Waals surface area contributed by atoms with Crippen LogP contribution in [0.3, 0.4) is 0 Å². The molecule has 16 radical (unpaired) electrons. The molecule has 3 rings (SSSR count). The first-order valence-corrected chi connectivity index (χ1v) is 12.6. The van der Waals surface area contributed by atoms with Crippen molar-refractivity contribution in [3.8, 4) is 0 Å². The molecule has 38 heavy (non-hydrogen) atoms. The van der Waals surface area contributed by atoms with Crippen LogP contribution in [-0.4, -0.2) is 128 Å². The van der Waals surface area contributed by atoms with E-state index in [9.17, 15) is 19.2 Å². The molecule has 3 atom stereocenters. The van der Waals surface area contributed by atoms with Crippen LogP contribution in [0.2, 0.25) is 15.5 Å². The van der Waals surface area contributed by atoms with Crippen molar-refractivity contribution in [2.75, 3.05) is 19.7 Å². The number of hydrogen-bond acceptors (Lipinski definition) is 5. The van der Waals surface area contributed by atoms with Crippen molar-refractivity contribution in [1.82, 2.24) is 15.5 Å². The largest absolute Gasteiger partial charge is 0.378 e. The fourth-order valence-electron chi connectivity index (χ4n) is 4.87. The van der Waals surface area contributed by atoms with E-state index in [4.69, 9.17) is 67.5 Å². The number of hydrogen-bond donors (Lipinski definition) is 2. The van der Waals surface area contributed by atoms with E-state index in [0.717, 1.165) is 12.8 Å². The summed E-state index contributed by atoms with van der Waals surface area (Å²) in [6.45, 7) is 3.40. The van der Waals surface area contributed by atoms with Crippen LogP contribution in [-0.2, 0) is 23.9 Å². The number of ether oxygens (including phenoxy) is 1. The van der Waals surface area contributed by atoms with Crippen molar-refractivity contribution < 1.29 is 23.9 Å². The molecule has 0 aromatic rings. The SMILES string of the molecule is [B]C(C)(C)OCC(=O)[C@H](C[C@@H]1CCNC1=O)NC(=O)[C@@H]1CC2(CC2)CN1C(=O)C([B])([B])C([B])([B])C([B])([B])[B]. The Balaban J connectivity index is 1.83. The fraction of sp³-hybridized carbons (Fsp3) is 0.818. The molecule has 0 aromatic carbocycles. The molecule has 8 nitrogen and oxygen atoms in total. The van der Waals surface area contributed by atoms with Crippen LogP contribution in [0.25, 0.3) is 0 Å². The van der Waals surface area contributed by atoms with Crippen LogP contribution in [0.1, 0.15) is 46.0 Å². The Labute approximate surface area is 235 Å². The lowest BCUT2D eigenvalue weighted by Gasteiger charge is -2.54. The lowest BCUT2D eigenvalue weighted by molar-refractivity contribution is -0.141. The minimum absolute atomic E-state index is 0.0546. The van der Waals surface area contributed by atoms with Gasteiger partial charge in [0.25, 0.3) is 0 Å². The zero-order valence-electron chi connectivity index (χ0n) is 22.0. The molecule has 3 fully saturated rings. The standard InChI is InChI=1S/C22H27B8N3O5/c1-18(2,23)38-9-14(34)12(7-11-3-6-31-15(11)35)32-16(36)13-8-19(4-5-19)10-33(13)17(37)20(24,25)21(26,27)22(28,29)30/h11-13H,3-10H2,1-2H3,(H,31,35)(H,32,36)/t11-,12-,13-/m0/s1. The van der Waals surface area contributed by atoms with Gasteiger partial charge in [0.1, 0.15) is 20.5 Å². The molecule has 1 aliphatic carbocycles. The molecule has 0 aromatic heterocycles. The number of rotatable bonds is 11. The Bertz CT molecular complexity index is 977. The second-order valence-corrected chi connectivity index (χ2v) is 11.8. The maximum atomic E-state index is 13.6. The van der Waals surface area contributed by atoms with E-state index in [1.165, 1.54) is 4.90 Å². The molecule has 0 bridgehead atoms. The third-order valence-electron chi connectivity index (χ3n) is 7.76. The normalized spacial score (nSPS) is 24.2. The van der Waals surface area contributed by atoms with Gasteiger partial charge in [0.15, 0.2) is 5.78 Å². The highest BCUT2D eigenvalue weighted by Crippen LogP contribution is 2.59. The van der Waals surface area contributed by atoms with Gasteiger partial charge in [-0.15, -0.1) is 10.3 Å². The lowest BCUT2D eigenvalue weighted by atomic mass is 9.13. The predicted octanol–water partition coefficient (Wildman–Crippen LogP) is -2.65. The number of carbonyl (C=O) groups excluding carboxylic acids is 4. The van der Waals surface area contributed by atoms with Crippen molar-refractivity contribution in [2.24, 2.45) is 11.3 Å². The topological polar surface area (TPSA) is 105 Å². The summed E-state index contributed by atoms with van der Waals surface area (Å²) in [5, 5.41) is -1.91. The van der Waals surface area contributed by atoms with Gasteiger partial charge in [0.2, 0.25) is 17.7 Å². The molecule has 3 amide bonds. The van der Waals surface area contributed by atoms with Crippen molar-refractivity contribution in [3.63, 3.8) is 0 Å². The predicted molar refractivity (Wildman–Crippen MR) is 149 cm³/mol. The Kier molecular flexibility index (Phi) is 8.60. The van der Waals surface area contributed by atoms with Gasteiger partial charge in [-0.3, -0.25) is 19.2 Å². The van der Waals surface area contributed by atoms with Gasteiger partial charge < -0.3 is 20.3 Å². The van der Waals surface area contributed by atoms with Crippen LogP contribution in [0, 0.1) is 11.3 Å². The Morgan fingerprint density at radius 2 is 1.71 bits per heavy atom. The molecular formula is C22H27B8N3O5. The fourth-order valence-corrected chi connectivity index (χ4v) is 4.87. The van der Waals surface area contributed by atoms with E-state index >= 15 is 0 Å². The number of likely N-dealkylation sites (tertiary alicyclic amines) is 1. The molecule has 3 aliphatic rings. The smallest absolute Gasteiger partial charge is 0.243 e. The number of nitrogens with one attached hydrogen (secondary N) is 2. The maximum absolute atomic E-state index is 13.6. The van der Waals surface area contributed by atoms with Crippen LogP contribution >= 0.6 is 0 Å². The van der Waals surface area contributed by atoms with Crippen molar-refractivity contribution in [3.05, 3.63) is 0 Å². The molecule has 184 valence electrons. The first-order valence-electron chi connectivity index (χ1n) is 12.6. The second kappa shape index (κ2) is 10.5. The average molecular weight is 500 g/mol. The first kappa shape index (κ1) is 31.1. The second-order valence-electron chi connectivity index (χ2n) is 11.8. The minimum Gasteiger partial charge on any atom is -0.378 e. The molecule has 2 saturated heterocycles. The summed E-state index contributed by atoms with van der Waals surface area (Å²) in [6, 6.07) is -2.12. The Hall–Kier alpha value is -1.44. The third-order valence-corrected chi connectivity index (χ3v) is 7.76. The molecule has 2 heterocycles. The number of Topliss-reactive ketones (excluding diaryl/α,β-unsaturated/α-hetero) is 1. The van der Waals surface area contributed by atoms with Gasteiger partial charge in [-0.2, -0.15) is 0 Å². The quantitative estimate of drug-likeness (QED) is 0.302. The van der Waals surface area contributed by atoms with Crippen molar-refractivity contribution in [2.45, 2.75) is 79.1 Å². The van der Waals surface area contributed by atoms with E-state index in [1.54, 1.807) is 13.8 Å². The molecule has 0 unspecified atom stereocenters. The average Bonchev–Trinajstić information content (AvgIpc) is 3.24. The molecule has 2 aliphatic heterocycles. The van der Waals surface area contributed by atoms with Crippen LogP contribution < -0.4 is 10.6 Å². The molecular weight excluding hydrogens is 473 g/mol. The zero-order valence-corrected chi connectivity index (χ0v) is 22.0. The third kappa shape index (κ3) is 6.47. The summed E-state index contributed by atoms with van der Waals surface area (Å²) in [7, 11) is 46.8. The van der Waals surface area contributed by atoms with E-state index in [-0.39, 0.29) is 30.9 Å². The number of amides is 3. The van der Waals surface area contributed by atoms with Gasteiger partial charge in [-0.25, -0.2) is 0 Å². The van der Waals surface area contributed by atoms with Crippen LogP contribution in [0.15, 0.2) is 0 Å². The maximum Gasteiger partial charge on any atom is 0.243 e. The molecule has 1 saturated carbocycles. The van der Waals surface area contributed by atoms with Gasteiger partial charge >= 0.3 is 0 Å². The summed E-state index contributed by atoms with van der Waals surface area (Å²) < 4.78 is 5.40. The summed E-state index contributed by atoms with van der Waals surface area (Å²) in [6.07, 6.45) is 2.42. The van der Waals surface area contributed by atoms with Crippen molar-refractivity contribution in [1.29, 1.82) is 0 Å². The number of ketones is 1. The molecule has 1 spiro atoms. The Morgan fingerprint density at radius 1 is 1.11 bits per heavy atom. The Morgan fingerprint density at radius 3 is 2.18 bits per heavy atom.